The summed E-state index contributed by atoms with van der Waals surface area (Å²) < 4.78 is 20.4. The van der Waals surface area contributed by atoms with E-state index in [1.54, 1.807) is 0 Å². The van der Waals surface area contributed by atoms with E-state index < -0.39 is 24.5 Å². The lowest BCUT2D eigenvalue weighted by Crippen LogP contribution is -2.42. The van der Waals surface area contributed by atoms with Crippen molar-refractivity contribution < 1.29 is 33.3 Å². The van der Waals surface area contributed by atoms with Gasteiger partial charge >= 0.3 is 12.0 Å². The van der Waals surface area contributed by atoms with E-state index >= 15 is 0 Å². The second-order valence-electron chi connectivity index (χ2n) is 5.53. The first-order valence-corrected chi connectivity index (χ1v) is 8.44. The zero-order chi connectivity index (χ0) is 20.4. The predicted molar refractivity (Wildman–Crippen MR) is 97.5 cm³/mol. The first-order chi connectivity index (χ1) is 12.8. The van der Waals surface area contributed by atoms with Crippen molar-refractivity contribution in [3.8, 4) is 11.5 Å². The molecule has 27 heavy (non-hydrogen) atoms. The highest BCUT2D eigenvalue weighted by molar-refractivity contribution is 6.32. The molecule has 0 fully saturated rings. The largest absolute Gasteiger partial charge is 0.493 e. The third-order valence-corrected chi connectivity index (χ3v) is 3.28. The van der Waals surface area contributed by atoms with Crippen LogP contribution in [0.15, 0.2) is 12.1 Å². The maximum atomic E-state index is 12.1. The van der Waals surface area contributed by atoms with E-state index in [1.165, 1.54) is 26.4 Å². The number of carbonyl (C=O) groups is 3. The number of imide groups is 1. The Morgan fingerprint density at radius 1 is 1.19 bits per heavy atom. The zero-order valence-corrected chi connectivity index (χ0v) is 16.3. The van der Waals surface area contributed by atoms with E-state index in [4.69, 9.17) is 30.5 Å². The van der Waals surface area contributed by atoms with E-state index in [0.29, 0.717) is 12.4 Å². The quantitative estimate of drug-likeness (QED) is 0.478. The van der Waals surface area contributed by atoms with E-state index in [-0.39, 0.29) is 29.0 Å². The number of carbonyl (C=O) groups excluding carboxylic acids is 3. The van der Waals surface area contributed by atoms with Gasteiger partial charge < -0.3 is 24.3 Å². The lowest BCUT2D eigenvalue weighted by molar-refractivity contribution is -0.123. The van der Waals surface area contributed by atoms with Crippen molar-refractivity contribution in [1.29, 1.82) is 0 Å². The molecule has 3 amide bonds. The van der Waals surface area contributed by atoms with Gasteiger partial charge in [-0.2, -0.15) is 0 Å². The number of hydrogen-bond donors (Lipinski definition) is 2. The molecule has 0 aliphatic heterocycles. The molecule has 0 aromatic heterocycles. The number of benzene rings is 1. The Hall–Kier alpha value is -2.52. The first-order valence-electron chi connectivity index (χ1n) is 8.06. The van der Waals surface area contributed by atoms with Crippen molar-refractivity contribution in [3.05, 3.63) is 22.7 Å². The van der Waals surface area contributed by atoms with E-state index in [2.05, 4.69) is 5.32 Å². The molecule has 0 saturated heterocycles. The molecule has 1 aromatic rings. The van der Waals surface area contributed by atoms with Crippen LogP contribution in [0.4, 0.5) is 4.79 Å². The topological polar surface area (TPSA) is 112 Å². The Balaban J connectivity index is 2.65. The van der Waals surface area contributed by atoms with Gasteiger partial charge in [0.2, 0.25) is 0 Å². The van der Waals surface area contributed by atoms with Gasteiger partial charge in [0.05, 0.1) is 30.4 Å². The van der Waals surface area contributed by atoms with E-state index in [9.17, 15) is 14.4 Å². The molecule has 0 aliphatic rings. The van der Waals surface area contributed by atoms with Crippen LogP contribution in [0.1, 0.15) is 24.2 Å². The minimum atomic E-state index is -0.804. The number of urea groups is 1. The van der Waals surface area contributed by atoms with Gasteiger partial charge in [0.15, 0.2) is 18.1 Å². The van der Waals surface area contributed by atoms with Gasteiger partial charge in [-0.05, 0) is 26.0 Å². The van der Waals surface area contributed by atoms with Crippen molar-refractivity contribution >= 4 is 29.5 Å². The number of amides is 3. The van der Waals surface area contributed by atoms with Crippen LogP contribution in [0.25, 0.3) is 0 Å². The second-order valence-corrected chi connectivity index (χ2v) is 5.94. The van der Waals surface area contributed by atoms with Crippen LogP contribution in [0.2, 0.25) is 5.02 Å². The van der Waals surface area contributed by atoms with Gasteiger partial charge in [-0.1, -0.05) is 11.6 Å². The summed E-state index contributed by atoms with van der Waals surface area (Å²) in [7, 11) is 2.89. The molecule has 0 bridgehead atoms. The Labute approximate surface area is 162 Å². The number of esters is 1. The van der Waals surface area contributed by atoms with Crippen LogP contribution in [0, 0.1) is 0 Å². The molecule has 0 unspecified atom stereocenters. The maximum Gasteiger partial charge on any atom is 0.338 e. The number of nitrogens with one attached hydrogen (secondary N) is 2. The minimum Gasteiger partial charge on any atom is -0.493 e. The van der Waals surface area contributed by atoms with Gasteiger partial charge in [0.1, 0.15) is 0 Å². The lowest BCUT2D eigenvalue weighted by atomic mass is 10.2. The molecule has 0 saturated carbocycles. The predicted octanol–water partition coefficient (Wildman–Crippen LogP) is 1.76. The van der Waals surface area contributed by atoms with Gasteiger partial charge in [0, 0.05) is 13.7 Å². The lowest BCUT2D eigenvalue weighted by Gasteiger charge is -2.16. The highest BCUT2D eigenvalue weighted by atomic mass is 35.5. The molecule has 9 nitrogen and oxygen atoms in total. The standard InChI is InChI=1S/C17H23ClN2O7/c1-10(2)27-15-12(18)7-11(8-13(15)25-4)16(22)26-9-14(21)20-17(23)19-5-6-24-3/h7-8,10H,5-6,9H2,1-4H3,(H2,19,20,21,23). The number of rotatable bonds is 9. The summed E-state index contributed by atoms with van der Waals surface area (Å²) in [5, 5.41) is 4.58. The Bertz CT molecular complexity index is 679. The summed E-state index contributed by atoms with van der Waals surface area (Å²) in [5.41, 5.74) is 0.0744. The highest BCUT2D eigenvalue weighted by Crippen LogP contribution is 2.37. The summed E-state index contributed by atoms with van der Waals surface area (Å²) in [4.78, 5) is 35.2. The van der Waals surface area contributed by atoms with Crippen LogP contribution < -0.4 is 20.1 Å². The van der Waals surface area contributed by atoms with Crippen LogP contribution in [-0.2, 0) is 14.3 Å². The van der Waals surface area contributed by atoms with Crippen molar-refractivity contribution in [3.63, 3.8) is 0 Å². The summed E-state index contributed by atoms with van der Waals surface area (Å²) in [6.45, 7) is 3.54. The Morgan fingerprint density at radius 3 is 2.48 bits per heavy atom. The average molecular weight is 403 g/mol. The summed E-state index contributed by atoms with van der Waals surface area (Å²) in [5.74, 6) is -1.03. The smallest absolute Gasteiger partial charge is 0.338 e. The fraction of sp³-hybridized carbons (Fsp3) is 0.471. The molecule has 0 spiro atoms. The molecule has 2 N–H and O–H groups in total. The summed E-state index contributed by atoms with van der Waals surface area (Å²) >= 11 is 6.14. The fourth-order valence-corrected chi connectivity index (χ4v) is 2.13. The Morgan fingerprint density at radius 2 is 1.89 bits per heavy atom. The number of ether oxygens (including phenoxy) is 4. The number of halogens is 1. The molecule has 0 radical (unpaired) electrons. The monoisotopic (exact) mass is 402 g/mol. The maximum absolute atomic E-state index is 12.1. The molecule has 1 rings (SSSR count). The zero-order valence-electron chi connectivity index (χ0n) is 15.6. The van der Waals surface area contributed by atoms with Gasteiger partial charge in [-0.25, -0.2) is 9.59 Å². The minimum absolute atomic E-state index is 0.0744. The molecule has 0 atom stereocenters. The summed E-state index contributed by atoms with van der Waals surface area (Å²) in [6.07, 6.45) is -0.145. The van der Waals surface area contributed by atoms with Crippen molar-refractivity contribution in [2.45, 2.75) is 20.0 Å². The SMILES string of the molecule is COCCNC(=O)NC(=O)COC(=O)c1cc(Cl)c(OC(C)C)c(OC)c1. The van der Waals surface area contributed by atoms with Crippen LogP contribution >= 0.6 is 11.6 Å². The Kier molecular flexibility index (Phi) is 9.38. The van der Waals surface area contributed by atoms with Gasteiger partial charge in [-0.3, -0.25) is 10.1 Å². The van der Waals surface area contributed by atoms with Gasteiger partial charge in [0.25, 0.3) is 5.91 Å². The number of methoxy groups -OCH3 is 2. The van der Waals surface area contributed by atoms with Crippen LogP contribution in [0.3, 0.4) is 0 Å². The molecule has 0 heterocycles. The normalized spacial score (nSPS) is 10.3. The van der Waals surface area contributed by atoms with Crippen molar-refractivity contribution in [1.82, 2.24) is 10.6 Å². The molecular weight excluding hydrogens is 380 g/mol. The molecular formula is C17H23ClN2O7. The first kappa shape index (κ1) is 22.5. The van der Waals surface area contributed by atoms with Crippen molar-refractivity contribution in [2.24, 2.45) is 0 Å². The molecule has 10 heteroatoms. The van der Waals surface area contributed by atoms with Gasteiger partial charge in [-0.15, -0.1) is 0 Å². The van der Waals surface area contributed by atoms with Crippen molar-refractivity contribution in [2.75, 3.05) is 34.0 Å². The molecule has 0 aliphatic carbocycles. The van der Waals surface area contributed by atoms with Crippen LogP contribution in [0.5, 0.6) is 11.5 Å². The van der Waals surface area contributed by atoms with E-state index in [1.807, 2.05) is 19.2 Å². The average Bonchev–Trinajstić information content (AvgIpc) is 2.61. The highest BCUT2D eigenvalue weighted by Gasteiger charge is 2.19. The van der Waals surface area contributed by atoms with E-state index in [0.717, 1.165) is 0 Å². The third kappa shape index (κ3) is 7.71. The second kappa shape index (κ2) is 11.2. The van der Waals surface area contributed by atoms with Crippen LogP contribution in [-0.4, -0.2) is 58.0 Å². The third-order valence-electron chi connectivity index (χ3n) is 3.00. The molecule has 150 valence electrons. The summed E-state index contributed by atoms with van der Waals surface area (Å²) in [6, 6.07) is 2.02. The number of hydrogen-bond acceptors (Lipinski definition) is 7. The fourth-order valence-electron chi connectivity index (χ4n) is 1.88. The molecule has 1 aromatic carbocycles.